The highest BCUT2D eigenvalue weighted by Gasteiger charge is 2.22. The third kappa shape index (κ3) is 5.20. The summed E-state index contributed by atoms with van der Waals surface area (Å²) >= 11 is 0. The lowest BCUT2D eigenvalue weighted by Gasteiger charge is -2.12. The smallest absolute Gasteiger partial charge is 0.180 e. The van der Waals surface area contributed by atoms with Gasteiger partial charge in [-0.05, 0) is 84.4 Å². The highest BCUT2D eigenvalue weighted by Crippen LogP contribution is 2.43. The van der Waals surface area contributed by atoms with E-state index in [4.69, 9.17) is 14.4 Å². The zero-order valence-electron chi connectivity index (χ0n) is 29.8. The zero-order chi connectivity index (χ0) is 36.3. The number of furan rings is 1. The van der Waals surface area contributed by atoms with Crippen molar-refractivity contribution in [1.29, 1.82) is 0 Å². The molecule has 2 aromatic heterocycles. The van der Waals surface area contributed by atoms with Crippen LogP contribution in [0.1, 0.15) is 0 Å². The lowest BCUT2D eigenvalue weighted by atomic mass is 9.91. The minimum atomic E-state index is 0.659. The third-order valence-electron chi connectivity index (χ3n) is 10.9. The molecule has 0 fully saturated rings. The van der Waals surface area contributed by atoms with Gasteiger partial charge < -0.3 is 4.42 Å². The maximum atomic E-state index is 6.97. The van der Waals surface area contributed by atoms with E-state index in [0.717, 1.165) is 66.7 Å². The molecule has 0 radical (unpaired) electrons. The van der Waals surface area contributed by atoms with Crippen molar-refractivity contribution in [2.75, 3.05) is 0 Å². The molecule has 3 heteroatoms. The van der Waals surface area contributed by atoms with E-state index in [-0.39, 0.29) is 0 Å². The Hall–Kier alpha value is -7.36. The largest absolute Gasteiger partial charge is 0.451 e. The summed E-state index contributed by atoms with van der Waals surface area (Å²) in [6, 6.07) is 68.6. The quantitative estimate of drug-likeness (QED) is 0.168. The van der Waals surface area contributed by atoms with Gasteiger partial charge in [0.2, 0.25) is 0 Å². The van der Waals surface area contributed by atoms with Crippen LogP contribution in [0.2, 0.25) is 0 Å². The molecule has 0 N–H and O–H groups in total. The molecular formula is C52H32N2O. The van der Waals surface area contributed by atoms with E-state index in [9.17, 15) is 0 Å². The van der Waals surface area contributed by atoms with E-state index >= 15 is 0 Å². The van der Waals surface area contributed by atoms with Crippen molar-refractivity contribution >= 4 is 54.4 Å². The average molecular weight is 701 g/mol. The highest BCUT2D eigenvalue weighted by atomic mass is 16.3. The first-order chi connectivity index (χ1) is 27.3. The van der Waals surface area contributed by atoms with Crippen LogP contribution in [0, 0.1) is 0 Å². The van der Waals surface area contributed by atoms with Crippen LogP contribution in [0.15, 0.2) is 199 Å². The van der Waals surface area contributed by atoms with Crippen molar-refractivity contribution in [2.45, 2.75) is 0 Å². The van der Waals surface area contributed by atoms with Crippen LogP contribution in [0.3, 0.4) is 0 Å². The van der Waals surface area contributed by atoms with Gasteiger partial charge in [0, 0.05) is 22.1 Å². The molecule has 0 bridgehead atoms. The summed E-state index contributed by atoms with van der Waals surface area (Å²) in [5, 5.41) is 8.52. The number of fused-ring (bicyclic) bond motifs is 9. The second-order valence-electron chi connectivity index (χ2n) is 14.1. The Morgan fingerprint density at radius 1 is 0.291 bits per heavy atom. The van der Waals surface area contributed by atoms with E-state index in [0.29, 0.717) is 11.4 Å². The van der Waals surface area contributed by atoms with Crippen molar-refractivity contribution < 1.29 is 4.42 Å². The fourth-order valence-corrected chi connectivity index (χ4v) is 8.22. The molecule has 0 atom stereocenters. The van der Waals surface area contributed by atoms with Crippen molar-refractivity contribution in [2.24, 2.45) is 0 Å². The topological polar surface area (TPSA) is 38.9 Å². The predicted octanol–water partition coefficient (Wildman–Crippen LogP) is 14.2. The van der Waals surface area contributed by atoms with Crippen LogP contribution >= 0.6 is 0 Å². The number of benzene rings is 9. The monoisotopic (exact) mass is 700 g/mol. The van der Waals surface area contributed by atoms with Gasteiger partial charge in [0.05, 0.1) is 0 Å². The second kappa shape index (κ2) is 12.6. The fraction of sp³-hybridized carbons (Fsp3) is 0. The Kier molecular flexibility index (Phi) is 7.17. The zero-order valence-corrected chi connectivity index (χ0v) is 29.8. The van der Waals surface area contributed by atoms with Crippen molar-refractivity contribution in [3.8, 4) is 56.0 Å². The molecule has 0 aliphatic carbocycles. The van der Waals surface area contributed by atoms with Gasteiger partial charge in [-0.15, -0.1) is 0 Å². The average Bonchev–Trinajstić information content (AvgIpc) is 3.65. The van der Waals surface area contributed by atoms with Gasteiger partial charge in [-0.25, -0.2) is 9.97 Å². The van der Waals surface area contributed by atoms with Gasteiger partial charge in [0.1, 0.15) is 16.8 Å². The van der Waals surface area contributed by atoms with Crippen LogP contribution in [0.25, 0.3) is 110 Å². The van der Waals surface area contributed by atoms with E-state index in [1.807, 2.05) is 24.3 Å². The number of hydrogen-bond acceptors (Lipinski definition) is 3. The lowest BCUT2D eigenvalue weighted by molar-refractivity contribution is 0.668. The maximum absolute atomic E-state index is 6.97. The van der Waals surface area contributed by atoms with Crippen LogP contribution in [0.5, 0.6) is 0 Å². The number of rotatable bonds is 5. The molecule has 0 spiro atoms. The summed E-state index contributed by atoms with van der Waals surface area (Å²) in [5.41, 5.74) is 11.5. The predicted molar refractivity (Wildman–Crippen MR) is 229 cm³/mol. The van der Waals surface area contributed by atoms with Gasteiger partial charge in [-0.1, -0.05) is 170 Å². The molecule has 2 heterocycles. The van der Waals surface area contributed by atoms with Gasteiger partial charge in [-0.3, -0.25) is 0 Å². The summed E-state index contributed by atoms with van der Waals surface area (Å²) in [7, 11) is 0. The SMILES string of the molecule is c1ccc(-c2cc(-c3ccccc3)c3oc4c(-c5cccc(-c6ccc7c8ccccc8c8ccccc8c7c6)c5)nc(-c5ccccc5)nc4c3c2)cc1. The second-order valence-corrected chi connectivity index (χ2v) is 14.1. The Morgan fingerprint density at radius 2 is 0.800 bits per heavy atom. The Bertz CT molecular complexity index is 3210. The highest BCUT2D eigenvalue weighted by molar-refractivity contribution is 6.25. The number of nitrogens with zero attached hydrogens (tertiary/aromatic N) is 2. The molecule has 0 aliphatic rings. The minimum absolute atomic E-state index is 0.659. The van der Waals surface area contributed by atoms with Crippen LogP contribution < -0.4 is 0 Å². The number of aromatic nitrogens is 2. The molecule has 0 aliphatic heterocycles. The molecule has 11 aromatic rings. The Morgan fingerprint density at radius 3 is 1.47 bits per heavy atom. The molecule has 0 saturated carbocycles. The molecule has 0 saturated heterocycles. The fourth-order valence-electron chi connectivity index (χ4n) is 8.22. The van der Waals surface area contributed by atoms with E-state index < -0.39 is 0 Å². The lowest BCUT2D eigenvalue weighted by Crippen LogP contribution is -1.94. The van der Waals surface area contributed by atoms with E-state index in [1.165, 1.54) is 32.3 Å². The summed E-state index contributed by atoms with van der Waals surface area (Å²) in [5.74, 6) is 0.659. The van der Waals surface area contributed by atoms with Crippen LogP contribution in [-0.2, 0) is 0 Å². The first-order valence-electron chi connectivity index (χ1n) is 18.7. The van der Waals surface area contributed by atoms with E-state index in [1.54, 1.807) is 0 Å². The standard InChI is InChI=1S/C52H32N2O/c1-4-15-33(16-5-1)39-31-45(34-17-6-2-7-18-34)50-47(32-39)49-51(55-50)48(53-52(54-49)35-19-8-3-9-20-35)38-22-14-21-36(29-38)37-27-28-44-42-25-11-10-23-40(42)41-24-12-13-26-43(41)46(44)30-37/h1-32H. The van der Waals surface area contributed by atoms with Gasteiger partial charge in [0.25, 0.3) is 0 Å². The normalized spacial score (nSPS) is 11.6. The molecule has 55 heavy (non-hydrogen) atoms. The molecule has 0 amide bonds. The molecule has 9 aromatic carbocycles. The van der Waals surface area contributed by atoms with Gasteiger partial charge in [-0.2, -0.15) is 0 Å². The molecule has 3 nitrogen and oxygen atoms in total. The van der Waals surface area contributed by atoms with E-state index in [2.05, 4.69) is 170 Å². The summed E-state index contributed by atoms with van der Waals surface area (Å²) in [6.07, 6.45) is 0. The first-order valence-corrected chi connectivity index (χ1v) is 18.7. The molecular weight excluding hydrogens is 669 g/mol. The molecule has 11 rings (SSSR count). The van der Waals surface area contributed by atoms with Crippen LogP contribution in [-0.4, -0.2) is 9.97 Å². The Labute approximate surface area is 317 Å². The van der Waals surface area contributed by atoms with Gasteiger partial charge >= 0.3 is 0 Å². The molecule has 256 valence electrons. The van der Waals surface area contributed by atoms with Gasteiger partial charge in [0.15, 0.2) is 11.4 Å². The van der Waals surface area contributed by atoms with Crippen molar-refractivity contribution in [3.05, 3.63) is 194 Å². The van der Waals surface area contributed by atoms with Crippen LogP contribution in [0.4, 0.5) is 0 Å². The Balaban J connectivity index is 1.16. The molecule has 0 unspecified atom stereocenters. The minimum Gasteiger partial charge on any atom is -0.451 e. The van der Waals surface area contributed by atoms with Crippen molar-refractivity contribution in [1.82, 2.24) is 9.97 Å². The number of hydrogen-bond donors (Lipinski definition) is 0. The van der Waals surface area contributed by atoms with Crippen molar-refractivity contribution in [3.63, 3.8) is 0 Å². The third-order valence-corrected chi connectivity index (χ3v) is 10.9. The summed E-state index contributed by atoms with van der Waals surface area (Å²) in [4.78, 5) is 10.5. The first kappa shape index (κ1) is 31.2. The summed E-state index contributed by atoms with van der Waals surface area (Å²) in [6.45, 7) is 0. The maximum Gasteiger partial charge on any atom is 0.180 e. The summed E-state index contributed by atoms with van der Waals surface area (Å²) < 4.78 is 6.97.